The molecule has 1 aromatic rings. The maximum atomic E-state index is 11.5. The minimum atomic E-state index is -0.453. The van der Waals surface area contributed by atoms with Crippen molar-refractivity contribution in [3.8, 4) is 0 Å². The number of halogens is 1. The Balaban J connectivity index is 2.27. The quantitative estimate of drug-likeness (QED) is 0.872. The van der Waals surface area contributed by atoms with E-state index in [-0.39, 0.29) is 5.91 Å². The van der Waals surface area contributed by atoms with E-state index in [1.54, 1.807) is 0 Å². The molecule has 5 heteroatoms. The van der Waals surface area contributed by atoms with Crippen LogP contribution in [-0.4, -0.2) is 19.0 Å². The molecule has 4 nitrogen and oxygen atoms in total. The van der Waals surface area contributed by atoms with Crippen molar-refractivity contribution in [1.82, 2.24) is 0 Å². The number of carbonyl (C=O) groups is 1. The van der Waals surface area contributed by atoms with Gasteiger partial charge in [0.05, 0.1) is 5.41 Å². The van der Waals surface area contributed by atoms with Gasteiger partial charge in [-0.2, -0.15) is 0 Å². The minimum Gasteiger partial charge on any atom is -0.370 e. The van der Waals surface area contributed by atoms with Gasteiger partial charge in [-0.15, -0.1) is 0 Å². The Kier molecular flexibility index (Phi) is 3.50. The number of benzene rings is 1. The Morgan fingerprint density at radius 3 is 2.83 bits per heavy atom. The molecule has 0 aliphatic carbocycles. The molecular formula is C13H18ClN3O. The zero-order chi connectivity index (χ0) is 13.3. The predicted octanol–water partition coefficient (Wildman–Crippen LogP) is 1.50. The van der Waals surface area contributed by atoms with Crippen molar-refractivity contribution in [3.05, 3.63) is 28.8 Å². The molecule has 0 saturated carbocycles. The first kappa shape index (κ1) is 13.2. The fourth-order valence-corrected chi connectivity index (χ4v) is 2.59. The van der Waals surface area contributed by atoms with Crippen molar-refractivity contribution in [2.24, 2.45) is 16.9 Å². The summed E-state index contributed by atoms with van der Waals surface area (Å²) in [4.78, 5) is 13.6. The number of anilines is 1. The summed E-state index contributed by atoms with van der Waals surface area (Å²) < 4.78 is 0. The SMILES string of the molecule is CC1(C(N)=O)CCN(c2ccc(Cl)cc2CN)C1. The molecule has 0 aromatic heterocycles. The van der Waals surface area contributed by atoms with Gasteiger partial charge in [0, 0.05) is 30.3 Å². The predicted molar refractivity (Wildman–Crippen MR) is 73.5 cm³/mol. The highest BCUT2D eigenvalue weighted by Gasteiger charge is 2.39. The zero-order valence-corrected chi connectivity index (χ0v) is 11.2. The van der Waals surface area contributed by atoms with E-state index in [2.05, 4.69) is 4.90 Å². The van der Waals surface area contributed by atoms with Crippen molar-refractivity contribution in [3.63, 3.8) is 0 Å². The Labute approximate surface area is 112 Å². The summed E-state index contributed by atoms with van der Waals surface area (Å²) in [6, 6.07) is 5.67. The molecule has 0 radical (unpaired) electrons. The molecular weight excluding hydrogens is 250 g/mol. The summed E-state index contributed by atoms with van der Waals surface area (Å²) in [5, 5.41) is 0.677. The maximum Gasteiger partial charge on any atom is 0.225 e. The summed E-state index contributed by atoms with van der Waals surface area (Å²) in [5.74, 6) is -0.242. The van der Waals surface area contributed by atoms with Crippen LogP contribution in [-0.2, 0) is 11.3 Å². The Hall–Kier alpha value is -1.26. The molecule has 1 heterocycles. The van der Waals surface area contributed by atoms with Crippen LogP contribution in [0.4, 0.5) is 5.69 Å². The standard InChI is InChI=1S/C13H18ClN3O/c1-13(12(16)18)4-5-17(8-13)11-3-2-10(14)6-9(11)7-15/h2-3,6H,4-5,7-8,15H2,1H3,(H2,16,18). The smallest absolute Gasteiger partial charge is 0.225 e. The van der Waals surface area contributed by atoms with Gasteiger partial charge in [-0.1, -0.05) is 11.6 Å². The summed E-state index contributed by atoms with van der Waals surface area (Å²) >= 11 is 5.96. The largest absolute Gasteiger partial charge is 0.370 e. The van der Waals surface area contributed by atoms with Crippen molar-refractivity contribution < 1.29 is 4.79 Å². The van der Waals surface area contributed by atoms with Crippen LogP contribution < -0.4 is 16.4 Å². The van der Waals surface area contributed by atoms with Crippen LogP contribution in [0.1, 0.15) is 18.9 Å². The average Bonchev–Trinajstić information content (AvgIpc) is 2.73. The van der Waals surface area contributed by atoms with Crippen LogP contribution in [0.5, 0.6) is 0 Å². The molecule has 2 rings (SSSR count). The maximum absolute atomic E-state index is 11.5. The molecule has 1 aliphatic heterocycles. The van der Waals surface area contributed by atoms with Gasteiger partial charge in [0.1, 0.15) is 0 Å². The zero-order valence-electron chi connectivity index (χ0n) is 10.4. The Morgan fingerprint density at radius 2 is 2.28 bits per heavy atom. The second-order valence-corrected chi connectivity index (χ2v) is 5.51. The molecule has 1 amide bonds. The van der Waals surface area contributed by atoms with Gasteiger partial charge in [0.15, 0.2) is 0 Å². The average molecular weight is 268 g/mol. The first-order valence-corrected chi connectivity index (χ1v) is 6.37. The molecule has 1 aliphatic rings. The lowest BCUT2D eigenvalue weighted by Gasteiger charge is -2.24. The number of rotatable bonds is 3. The number of hydrogen-bond acceptors (Lipinski definition) is 3. The van der Waals surface area contributed by atoms with Gasteiger partial charge < -0.3 is 16.4 Å². The fraction of sp³-hybridized carbons (Fsp3) is 0.462. The van der Waals surface area contributed by atoms with Gasteiger partial charge >= 0.3 is 0 Å². The molecule has 4 N–H and O–H groups in total. The van der Waals surface area contributed by atoms with E-state index in [1.165, 1.54) is 0 Å². The van der Waals surface area contributed by atoms with Gasteiger partial charge in [-0.25, -0.2) is 0 Å². The molecule has 1 saturated heterocycles. The lowest BCUT2D eigenvalue weighted by Crippen LogP contribution is -2.37. The summed E-state index contributed by atoms with van der Waals surface area (Å²) in [6.07, 6.45) is 0.773. The minimum absolute atomic E-state index is 0.242. The third kappa shape index (κ3) is 2.31. The number of nitrogens with two attached hydrogens (primary N) is 2. The van der Waals surface area contributed by atoms with E-state index in [9.17, 15) is 4.79 Å². The highest BCUT2D eigenvalue weighted by Crippen LogP contribution is 2.35. The molecule has 1 unspecified atom stereocenters. The fourth-order valence-electron chi connectivity index (χ4n) is 2.39. The van der Waals surface area contributed by atoms with E-state index in [1.807, 2.05) is 25.1 Å². The molecule has 1 aromatic carbocycles. The van der Waals surface area contributed by atoms with Gasteiger partial charge in [0.2, 0.25) is 5.91 Å². The van der Waals surface area contributed by atoms with E-state index in [0.717, 1.165) is 24.2 Å². The number of carbonyl (C=O) groups excluding carboxylic acids is 1. The highest BCUT2D eigenvalue weighted by atomic mass is 35.5. The van der Waals surface area contributed by atoms with Crippen molar-refractivity contribution in [2.75, 3.05) is 18.0 Å². The monoisotopic (exact) mass is 267 g/mol. The molecule has 1 atom stereocenters. The molecule has 98 valence electrons. The third-order valence-electron chi connectivity index (χ3n) is 3.67. The first-order chi connectivity index (χ1) is 8.46. The number of amides is 1. The summed E-state index contributed by atoms with van der Waals surface area (Å²) in [7, 11) is 0. The summed E-state index contributed by atoms with van der Waals surface area (Å²) in [5.41, 5.74) is 12.8. The van der Waals surface area contributed by atoms with Crippen molar-refractivity contribution >= 4 is 23.2 Å². The van der Waals surface area contributed by atoms with E-state index in [0.29, 0.717) is 18.1 Å². The normalized spacial score (nSPS) is 23.4. The topological polar surface area (TPSA) is 72.4 Å². The number of nitrogens with zero attached hydrogens (tertiary/aromatic N) is 1. The first-order valence-electron chi connectivity index (χ1n) is 5.99. The van der Waals surface area contributed by atoms with Crippen LogP contribution in [0.2, 0.25) is 5.02 Å². The van der Waals surface area contributed by atoms with E-state index < -0.39 is 5.41 Å². The van der Waals surface area contributed by atoms with Gasteiger partial charge in [-0.3, -0.25) is 4.79 Å². The van der Waals surface area contributed by atoms with Crippen LogP contribution in [0.15, 0.2) is 18.2 Å². The Bertz CT molecular complexity index is 477. The van der Waals surface area contributed by atoms with Gasteiger partial charge in [0.25, 0.3) is 0 Å². The molecule has 1 fully saturated rings. The van der Waals surface area contributed by atoms with Gasteiger partial charge in [-0.05, 0) is 37.1 Å². The van der Waals surface area contributed by atoms with Crippen molar-refractivity contribution in [1.29, 1.82) is 0 Å². The van der Waals surface area contributed by atoms with Crippen molar-refractivity contribution in [2.45, 2.75) is 19.9 Å². The lowest BCUT2D eigenvalue weighted by molar-refractivity contribution is -0.125. The second kappa shape index (κ2) is 4.78. The number of hydrogen-bond donors (Lipinski definition) is 2. The summed E-state index contributed by atoms with van der Waals surface area (Å²) in [6.45, 7) is 3.79. The van der Waals surface area contributed by atoms with Crippen LogP contribution in [0, 0.1) is 5.41 Å². The number of primary amides is 1. The molecule has 0 spiro atoms. The lowest BCUT2D eigenvalue weighted by atomic mass is 9.89. The highest BCUT2D eigenvalue weighted by molar-refractivity contribution is 6.30. The van der Waals surface area contributed by atoms with Crippen LogP contribution >= 0.6 is 11.6 Å². The molecule has 0 bridgehead atoms. The third-order valence-corrected chi connectivity index (χ3v) is 3.91. The molecule has 18 heavy (non-hydrogen) atoms. The second-order valence-electron chi connectivity index (χ2n) is 5.07. The van der Waals surface area contributed by atoms with E-state index in [4.69, 9.17) is 23.1 Å². The van der Waals surface area contributed by atoms with E-state index >= 15 is 0 Å². The Morgan fingerprint density at radius 1 is 1.56 bits per heavy atom. The van der Waals surface area contributed by atoms with Crippen LogP contribution in [0.25, 0.3) is 0 Å². The van der Waals surface area contributed by atoms with Crippen LogP contribution in [0.3, 0.4) is 0 Å².